The summed E-state index contributed by atoms with van der Waals surface area (Å²) in [7, 11) is 0. The van der Waals surface area contributed by atoms with Crippen molar-refractivity contribution in [3.8, 4) is 0 Å². The summed E-state index contributed by atoms with van der Waals surface area (Å²) in [5, 5.41) is 0. The van der Waals surface area contributed by atoms with Gasteiger partial charge in [-0.3, -0.25) is 0 Å². The molecule has 0 aliphatic heterocycles. The summed E-state index contributed by atoms with van der Waals surface area (Å²) in [6.07, 6.45) is -0.540. The lowest BCUT2D eigenvalue weighted by atomic mass is 10.3. The number of hydrogen-bond donors (Lipinski definition) is 1. The van der Waals surface area contributed by atoms with Gasteiger partial charge < -0.3 is 15.0 Å². The van der Waals surface area contributed by atoms with Crippen LogP contribution in [-0.2, 0) is 11.3 Å². The van der Waals surface area contributed by atoms with Gasteiger partial charge in [0, 0.05) is 18.9 Å². The summed E-state index contributed by atoms with van der Waals surface area (Å²) in [4.78, 5) is 3.96. The van der Waals surface area contributed by atoms with Gasteiger partial charge in [-0.25, -0.2) is 13.8 Å². The Kier molecular flexibility index (Phi) is 5.09. The highest BCUT2D eigenvalue weighted by Gasteiger charge is 2.41. The van der Waals surface area contributed by atoms with E-state index in [1.807, 2.05) is 6.92 Å². The maximum absolute atomic E-state index is 12.5. The Balaban J connectivity index is 2.45. The Labute approximate surface area is 102 Å². The monoisotopic (exact) mass is 269 g/mol. The van der Waals surface area contributed by atoms with E-state index >= 15 is 0 Å². The molecule has 1 atom stereocenters. The molecule has 1 heterocycles. The Morgan fingerprint density at radius 3 is 2.72 bits per heavy atom. The first-order valence-corrected chi connectivity index (χ1v) is 5.38. The van der Waals surface area contributed by atoms with Crippen LogP contribution in [0.1, 0.15) is 18.8 Å². The van der Waals surface area contributed by atoms with Crippen LogP contribution in [-0.4, -0.2) is 35.1 Å². The van der Waals surface area contributed by atoms with Crippen molar-refractivity contribution in [2.45, 2.75) is 31.9 Å². The van der Waals surface area contributed by atoms with Gasteiger partial charge in [0.1, 0.15) is 12.4 Å². The number of imidazole rings is 1. The number of nitrogens with two attached hydrogens (primary N) is 1. The summed E-state index contributed by atoms with van der Waals surface area (Å²) in [6, 6.07) is -0.728. The number of nitrogens with zero attached hydrogens (tertiary/aromatic N) is 2. The zero-order valence-electron chi connectivity index (χ0n) is 9.82. The minimum atomic E-state index is -4.15. The third-order valence-corrected chi connectivity index (χ3v) is 2.33. The minimum Gasteiger partial charge on any atom is -0.373 e. The van der Waals surface area contributed by atoms with Gasteiger partial charge in [-0.1, -0.05) is 0 Å². The van der Waals surface area contributed by atoms with Crippen molar-refractivity contribution < 1.29 is 22.3 Å². The molecule has 0 aliphatic carbocycles. The zero-order valence-corrected chi connectivity index (χ0v) is 9.82. The molecule has 0 aromatic carbocycles. The van der Waals surface area contributed by atoms with Gasteiger partial charge in [-0.15, -0.1) is 0 Å². The molecule has 18 heavy (non-hydrogen) atoms. The van der Waals surface area contributed by atoms with Crippen LogP contribution in [0.2, 0.25) is 0 Å². The van der Waals surface area contributed by atoms with Crippen LogP contribution < -0.4 is 5.73 Å². The topological polar surface area (TPSA) is 53.1 Å². The average molecular weight is 269 g/mol. The van der Waals surface area contributed by atoms with Gasteiger partial charge in [0.2, 0.25) is 0 Å². The van der Waals surface area contributed by atoms with Crippen LogP contribution in [0.5, 0.6) is 0 Å². The number of halogens is 4. The number of aromatic nitrogens is 2. The summed E-state index contributed by atoms with van der Waals surface area (Å²) in [5.74, 6) is -3.68. The SMILES string of the molecule is CCn1ccnc1C(N)COCC(F)(F)C(F)F. The van der Waals surface area contributed by atoms with Crippen LogP contribution in [0, 0.1) is 0 Å². The molecule has 0 fully saturated rings. The molecule has 8 heteroatoms. The molecule has 0 saturated carbocycles. The molecule has 104 valence electrons. The largest absolute Gasteiger partial charge is 0.373 e. The second kappa shape index (κ2) is 6.14. The summed E-state index contributed by atoms with van der Waals surface area (Å²) >= 11 is 0. The van der Waals surface area contributed by atoms with E-state index in [4.69, 9.17) is 5.73 Å². The van der Waals surface area contributed by atoms with E-state index < -0.39 is 25.0 Å². The van der Waals surface area contributed by atoms with Crippen LogP contribution in [0.15, 0.2) is 12.4 Å². The molecule has 1 aromatic heterocycles. The number of rotatable bonds is 7. The van der Waals surface area contributed by atoms with Gasteiger partial charge in [-0.05, 0) is 6.92 Å². The van der Waals surface area contributed by atoms with E-state index in [1.165, 1.54) is 6.20 Å². The Morgan fingerprint density at radius 2 is 2.17 bits per heavy atom. The predicted octanol–water partition coefficient (Wildman–Crippen LogP) is 1.82. The summed E-state index contributed by atoms with van der Waals surface area (Å²) < 4.78 is 55.1. The highest BCUT2D eigenvalue weighted by Crippen LogP contribution is 2.23. The van der Waals surface area contributed by atoms with Gasteiger partial charge in [-0.2, -0.15) is 8.78 Å². The lowest BCUT2D eigenvalue weighted by Gasteiger charge is -2.17. The third kappa shape index (κ3) is 3.67. The first-order valence-electron chi connectivity index (χ1n) is 5.38. The van der Waals surface area contributed by atoms with E-state index in [0.717, 1.165) is 0 Å². The molecule has 0 amide bonds. The number of alkyl halides is 4. The highest BCUT2D eigenvalue weighted by atomic mass is 19.3. The Bertz CT molecular complexity index is 370. The first-order chi connectivity index (χ1) is 8.38. The van der Waals surface area contributed by atoms with Crippen molar-refractivity contribution in [1.82, 2.24) is 9.55 Å². The third-order valence-electron chi connectivity index (χ3n) is 2.33. The van der Waals surface area contributed by atoms with E-state index in [1.54, 1.807) is 10.8 Å². The lowest BCUT2D eigenvalue weighted by Crippen LogP contribution is -2.34. The van der Waals surface area contributed by atoms with Gasteiger partial charge >= 0.3 is 12.3 Å². The van der Waals surface area contributed by atoms with Crippen molar-refractivity contribution >= 4 is 0 Å². The molecule has 1 unspecified atom stereocenters. The van der Waals surface area contributed by atoms with Gasteiger partial charge in [0.15, 0.2) is 0 Å². The Hall–Kier alpha value is -1.15. The minimum absolute atomic E-state index is 0.292. The first kappa shape index (κ1) is 14.9. The van der Waals surface area contributed by atoms with Crippen LogP contribution in [0.25, 0.3) is 0 Å². The zero-order chi connectivity index (χ0) is 13.8. The quantitative estimate of drug-likeness (QED) is 0.768. The fraction of sp³-hybridized carbons (Fsp3) is 0.700. The van der Waals surface area contributed by atoms with Crippen molar-refractivity contribution in [2.75, 3.05) is 13.2 Å². The fourth-order valence-corrected chi connectivity index (χ4v) is 1.38. The molecule has 0 spiro atoms. The second-order valence-corrected chi connectivity index (χ2v) is 3.75. The molecule has 4 nitrogen and oxygen atoms in total. The number of aryl methyl sites for hydroxylation is 1. The molecule has 1 rings (SSSR count). The Morgan fingerprint density at radius 1 is 1.50 bits per heavy atom. The maximum Gasteiger partial charge on any atom is 0.330 e. The summed E-state index contributed by atoms with van der Waals surface area (Å²) in [5.41, 5.74) is 5.68. The predicted molar refractivity (Wildman–Crippen MR) is 56.6 cm³/mol. The molecular weight excluding hydrogens is 254 g/mol. The van der Waals surface area contributed by atoms with Gasteiger partial charge in [0.25, 0.3) is 0 Å². The van der Waals surface area contributed by atoms with Crippen molar-refractivity contribution in [1.29, 1.82) is 0 Å². The maximum atomic E-state index is 12.5. The average Bonchev–Trinajstić information content (AvgIpc) is 2.76. The molecule has 0 saturated heterocycles. The smallest absolute Gasteiger partial charge is 0.330 e. The molecule has 1 aromatic rings. The van der Waals surface area contributed by atoms with Crippen molar-refractivity contribution in [2.24, 2.45) is 5.73 Å². The fourth-order valence-electron chi connectivity index (χ4n) is 1.38. The second-order valence-electron chi connectivity index (χ2n) is 3.75. The van der Waals surface area contributed by atoms with E-state index in [-0.39, 0.29) is 6.61 Å². The van der Waals surface area contributed by atoms with E-state index in [0.29, 0.717) is 12.4 Å². The highest BCUT2D eigenvalue weighted by molar-refractivity contribution is 4.98. The number of hydrogen-bond acceptors (Lipinski definition) is 3. The number of ether oxygens (including phenoxy) is 1. The molecule has 0 bridgehead atoms. The van der Waals surface area contributed by atoms with Crippen LogP contribution in [0.3, 0.4) is 0 Å². The lowest BCUT2D eigenvalue weighted by molar-refractivity contribution is -0.166. The molecule has 0 aliphatic rings. The normalized spacial score (nSPS) is 14.2. The van der Waals surface area contributed by atoms with Crippen LogP contribution in [0.4, 0.5) is 17.6 Å². The van der Waals surface area contributed by atoms with Crippen molar-refractivity contribution in [3.05, 3.63) is 18.2 Å². The van der Waals surface area contributed by atoms with Crippen LogP contribution >= 0.6 is 0 Å². The van der Waals surface area contributed by atoms with E-state index in [2.05, 4.69) is 9.72 Å². The molecular formula is C10H15F4N3O. The standard InChI is InChI=1S/C10H15F4N3O/c1-2-17-4-3-16-8(17)7(15)5-18-6-10(13,14)9(11)12/h3-4,7,9H,2,5-6,15H2,1H3. The molecule has 2 N–H and O–H groups in total. The van der Waals surface area contributed by atoms with E-state index in [9.17, 15) is 17.6 Å². The molecule has 0 radical (unpaired) electrons. The summed E-state index contributed by atoms with van der Waals surface area (Å²) in [6.45, 7) is 0.838. The van der Waals surface area contributed by atoms with Gasteiger partial charge in [0.05, 0.1) is 12.6 Å². The van der Waals surface area contributed by atoms with Crippen molar-refractivity contribution in [3.63, 3.8) is 0 Å².